The molecule has 0 bridgehead atoms. The molecule has 1 aromatic rings. The minimum Gasteiger partial charge on any atom is -0.332 e. The molecule has 2 fully saturated rings. The fourth-order valence-corrected chi connectivity index (χ4v) is 3.96. The summed E-state index contributed by atoms with van der Waals surface area (Å²) < 4.78 is 41.0. The second-order valence-corrected chi connectivity index (χ2v) is 6.85. The van der Waals surface area contributed by atoms with Crippen molar-refractivity contribution in [3.05, 3.63) is 35.4 Å². The predicted molar refractivity (Wildman–Crippen MR) is 92.3 cm³/mol. The normalized spacial score (nSPS) is 40.2. The standard InChI is InChI=1S/C20H26N2O2/c1-14-6-8-16(9-7-14)20(24)21-12-18-17-5-3-2-4-15(17)10-11-22(18)19(23)13-21/h2-5,14,16,18H,6-13H2,1H3/i6D2,7D2,14D. The van der Waals surface area contributed by atoms with Gasteiger partial charge < -0.3 is 9.80 Å². The Morgan fingerprint density at radius 1 is 1.29 bits per heavy atom. The Morgan fingerprint density at radius 2 is 2.04 bits per heavy atom. The highest BCUT2D eigenvalue weighted by atomic mass is 16.2. The van der Waals surface area contributed by atoms with Crippen molar-refractivity contribution in [1.82, 2.24) is 9.80 Å². The van der Waals surface area contributed by atoms with Crippen LogP contribution in [0.4, 0.5) is 0 Å². The summed E-state index contributed by atoms with van der Waals surface area (Å²) in [7, 11) is 0. The molecule has 1 saturated carbocycles. The number of benzene rings is 1. The summed E-state index contributed by atoms with van der Waals surface area (Å²) >= 11 is 0. The van der Waals surface area contributed by atoms with Gasteiger partial charge in [0.1, 0.15) is 0 Å². The summed E-state index contributed by atoms with van der Waals surface area (Å²) in [6, 6.07) is 7.69. The Kier molecular flexibility index (Phi) is 2.83. The van der Waals surface area contributed by atoms with Gasteiger partial charge in [-0.1, -0.05) is 31.2 Å². The number of fused-ring (bicyclic) bond motifs is 3. The molecule has 2 amide bonds. The van der Waals surface area contributed by atoms with Gasteiger partial charge in [-0.2, -0.15) is 0 Å². The number of piperazine rings is 1. The lowest BCUT2D eigenvalue weighted by atomic mass is 9.82. The first kappa shape index (κ1) is 10.9. The van der Waals surface area contributed by atoms with E-state index in [9.17, 15) is 9.59 Å². The van der Waals surface area contributed by atoms with Crippen LogP contribution in [0.1, 0.15) is 56.5 Å². The number of nitrogens with zero attached hydrogens (tertiary/aromatic N) is 2. The van der Waals surface area contributed by atoms with Crippen LogP contribution in [0.5, 0.6) is 0 Å². The number of rotatable bonds is 1. The first-order chi connectivity index (χ1) is 13.4. The second-order valence-electron chi connectivity index (χ2n) is 6.85. The van der Waals surface area contributed by atoms with Crippen molar-refractivity contribution in [2.75, 3.05) is 19.6 Å². The molecule has 24 heavy (non-hydrogen) atoms. The first-order valence-electron chi connectivity index (χ1n) is 11.1. The average Bonchev–Trinajstić information content (AvgIpc) is 2.65. The molecule has 128 valence electrons. The smallest absolute Gasteiger partial charge is 0.242 e. The molecular weight excluding hydrogens is 300 g/mol. The molecule has 1 aromatic carbocycles. The summed E-state index contributed by atoms with van der Waals surface area (Å²) in [5.41, 5.74) is 2.21. The fraction of sp³-hybridized carbons (Fsp3) is 0.600. The van der Waals surface area contributed by atoms with E-state index in [1.165, 1.54) is 17.4 Å². The van der Waals surface area contributed by atoms with Crippen molar-refractivity contribution in [1.29, 1.82) is 0 Å². The molecule has 4 rings (SSSR count). The highest BCUT2D eigenvalue weighted by Gasteiger charge is 2.40. The first-order valence-corrected chi connectivity index (χ1v) is 8.61. The maximum atomic E-state index is 13.2. The van der Waals surface area contributed by atoms with Crippen LogP contribution >= 0.6 is 0 Å². The highest BCUT2D eigenvalue weighted by molar-refractivity contribution is 5.87. The van der Waals surface area contributed by atoms with E-state index in [1.807, 2.05) is 29.2 Å². The molecule has 4 nitrogen and oxygen atoms in total. The van der Waals surface area contributed by atoms with E-state index in [1.54, 1.807) is 0 Å². The van der Waals surface area contributed by atoms with Crippen LogP contribution < -0.4 is 0 Å². The Hall–Kier alpha value is -1.84. The van der Waals surface area contributed by atoms with Crippen molar-refractivity contribution < 1.29 is 16.4 Å². The van der Waals surface area contributed by atoms with Crippen LogP contribution in [-0.2, 0) is 16.0 Å². The van der Waals surface area contributed by atoms with Gasteiger partial charge in [-0.3, -0.25) is 9.59 Å². The Morgan fingerprint density at radius 3 is 2.83 bits per heavy atom. The van der Waals surface area contributed by atoms with Crippen molar-refractivity contribution >= 4 is 11.8 Å². The fourth-order valence-electron chi connectivity index (χ4n) is 3.96. The lowest BCUT2D eigenvalue weighted by molar-refractivity contribution is -0.152. The van der Waals surface area contributed by atoms with E-state index in [4.69, 9.17) is 6.85 Å². The molecule has 2 aliphatic heterocycles. The number of amides is 2. The van der Waals surface area contributed by atoms with E-state index in [-0.39, 0.29) is 37.2 Å². The number of carbonyl (C=O) groups is 2. The number of carbonyl (C=O) groups excluding carboxylic acids is 2. The third kappa shape index (κ3) is 2.72. The van der Waals surface area contributed by atoms with Crippen molar-refractivity contribution in [3.63, 3.8) is 0 Å². The third-order valence-electron chi connectivity index (χ3n) is 5.34. The van der Waals surface area contributed by atoms with Crippen molar-refractivity contribution in [3.8, 4) is 0 Å². The summed E-state index contributed by atoms with van der Waals surface area (Å²) in [5, 5.41) is 0. The van der Waals surface area contributed by atoms with Crippen LogP contribution in [0.2, 0.25) is 0 Å². The van der Waals surface area contributed by atoms with Crippen LogP contribution in [-0.4, -0.2) is 41.2 Å². The highest BCUT2D eigenvalue weighted by Crippen LogP contribution is 2.35. The van der Waals surface area contributed by atoms with Gasteiger partial charge in [-0.25, -0.2) is 0 Å². The van der Waals surface area contributed by atoms with Crippen molar-refractivity contribution in [2.24, 2.45) is 11.8 Å². The number of hydrogen-bond donors (Lipinski definition) is 0. The Labute approximate surface area is 150 Å². The molecule has 2 heterocycles. The lowest BCUT2D eigenvalue weighted by Gasteiger charge is -2.45. The molecule has 4 heteroatoms. The molecule has 0 aromatic heterocycles. The molecule has 1 saturated heterocycles. The Balaban J connectivity index is 1.58. The van der Waals surface area contributed by atoms with Gasteiger partial charge in [0.2, 0.25) is 11.8 Å². The van der Waals surface area contributed by atoms with E-state index in [2.05, 4.69) is 0 Å². The molecular formula is C20H26N2O2. The average molecular weight is 331 g/mol. The van der Waals surface area contributed by atoms with Gasteiger partial charge in [0.15, 0.2) is 0 Å². The molecule has 0 N–H and O–H groups in total. The molecule has 0 radical (unpaired) electrons. The van der Waals surface area contributed by atoms with E-state index in [0.29, 0.717) is 13.1 Å². The maximum absolute atomic E-state index is 13.2. The zero-order chi connectivity index (χ0) is 21.2. The summed E-state index contributed by atoms with van der Waals surface area (Å²) in [5.74, 6) is -3.33. The summed E-state index contributed by atoms with van der Waals surface area (Å²) in [6.45, 7) is 2.16. The zero-order valence-corrected chi connectivity index (χ0v) is 13.9. The SMILES string of the molecule is [2H]C1([2H])CC(C(=O)N2CC(=O)N3CCc4ccccc4C3C2)CC([2H])([2H])C1([2H])C. The monoisotopic (exact) mass is 331 g/mol. The minimum absolute atomic E-state index is 0.0574. The lowest BCUT2D eigenvalue weighted by Crippen LogP contribution is -2.56. The van der Waals surface area contributed by atoms with Crippen LogP contribution in [0, 0.1) is 11.8 Å². The molecule has 0 spiro atoms. The maximum Gasteiger partial charge on any atom is 0.242 e. The molecule has 1 unspecified atom stereocenters. The van der Waals surface area contributed by atoms with Crippen LogP contribution in [0.15, 0.2) is 24.3 Å². The van der Waals surface area contributed by atoms with Gasteiger partial charge in [0, 0.05) is 25.9 Å². The molecule has 1 aliphatic carbocycles. The van der Waals surface area contributed by atoms with Gasteiger partial charge in [0.05, 0.1) is 12.6 Å². The molecule has 1 atom stereocenters. The van der Waals surface area contributed by atoms with Crippen molar-refractivity contribution in [2.45, 2.75) is 45.0 Å². The van der Waals surface area contributed by atoms with Gasteiger partial charge in [0.25, 0.3) is 0 Å². The van der Waals surface area contributed by atoms with Gasteiger partial charge >= 0.3 is 0 Å². The summed E-state index contributed by atoms with van der Waals surface area (Å²) in [4.78, 5) is 29.3. The van der Waals surface area contributed by atoms with Gasteiger partial charge in [-0.05, 0) is 49.0 Å². The quantitative estimate of drug-likeness (QED) is 0.794. The third-order valence-corrected chi connectivity index (χ3v) is 5.34. The van der Waals surface area contributed by atoms with Gasteiger partial charge in [-0.15, -0.1) is 0 Å². The largest absolute Gasteiger partial charge is 0.332 e. The van der Waals surface area contributed by atoms with Crippen LogP contribution in [0.3, 0.4) is 0 Å². The van der Waals surface area contributed by atoms with E-state index < -0.39 is 24.6 Å². The van der Waals surface area contributed by atoms with Crippen LogP contribution in [0.25, 0.3) is 0 Å². The molecule has 3 aliphatic rings. The van der Waals surface area contributed by atoms with E-state index >= 15 is 0 Å². The summed E-state index contributed by atoms with van der Waals surface area (Å²) in [6.07, 6.45) is -3.91. The number of hydrogen-bond acceptors (Lipinski definition) is 2. The minimum atomic E-state index is -2.14. The second kappa shape index (κ2) is 6.23. The van der Waals surface area contributed by atoms with E-state index in [0.717, 1.165) is 12.0 Å². The zero-order valence-electron chi connectivity index (χ0n) is 18.9. The topological polar surface area (TPSA) is 40.6 Å². The predicted octanol–water partition coefficient (Wildman–Crippen LogP) is 2.78. The Bertz CT molecular complexity index is 837.